The number of aryl methyl sites for hydroxylation is 1. The molecule has 5 N–H and O–H groups in total. The number of pyridine rings is 1. The van der Waals surface area contributed by atoms with E-state index < -0.39 is 5.97 Å². The number of hydrogen-bond acceptors (Lipinski definition) is 5. The van der Waals surface area contributed by atoms with Crippen LogP contribution in [0.4, 0.5) is 0 Å². The number of nitrogens with two attached hydrogens (primary N) is 2. The molecule has 2 aromatic carbocycles. The summed E-state index contributed by atoms with van der Waals surface area (Å²) in [6.45, 7) is 7.38. The zero-order valence-electron chi connectivity index (χ0n) is 19.7. The molecular formula is C26H33Cl2N3O2S. The van der Waals surface area contributed by atoms with Gasteiger partial charge >= 0.3 is 5.97 Å². The van der Waals surface area contributed by atoms with Gasteiger partial charge in [0.1, 0.15) is 0 Å². The Balaban J connectivity index is 0.00000289. The molecule has 0 saturated heterocycles. The molecule has 34 heavy (non-hydrogen) atoms. The smallest absolute Gasteiger partial charge is 0.335 e. The molecule has 0 atom stereocenters. The molecule has 0 aliphatic rings. The van der Waals surface area contributed by atoms with E-state index in [-0.39, 0.29) is 30.4 Å². The first kappa shape index (κ1) is 29.9. The first-order chi connectivity index (χ1) is 15.3. The predicted octanol–water partition coefficient (Wildman–Crippen LogP) is 6.01. The Kier molecular flexibility index (Phi) is 12.1. The standard InChI is InChI=1S/C26H31N3O2S.2ClH/c1-16(2)12-24-22(14-28)25(19-6-4-18(13-27)5-7-19)23(17(3)29-24)15-32-21-10-8-20(9-11-21)26(30)31;;/h4-11,16H,12-15,27-28H2,1-3H3,(H,30,31);2*1H. The lowest BCUT2D eigenvalue weighted by atomic mass is 9.90. The van der Waals surface area contributed by atoms with Crippen LogP contribution in [0.25, 0.3) is 11.1 Å². The van der Waals surface area contributed by atoms with E-state index in [1.807, 2.05) is 12.1 Å². The molecule has 8 heteroatoms. The summed E-state index contributed by atoms with van der Waals surface area (Å²) < 4.78 is 0. The summed E-state index contributed by atoms with van der Waals surface area (Å²) in [6, 6.07) is 15.3. The van der Waals surface area contributed by atoms with Crippen LogP contribution in [0.15, 0.2) is 53.4 Å². The molecule has 3 rings (SSSR count). The van der Waals surface area contributed by atoms with Crippen molar-refractivity contribution in [3.63, 3.8) is 0 Å². The van der Waals surface area contributed by atoms with Gasteiger partial charge in [-0.05, 0) is 71.3 Å². The fraction of sp³-hybridized carbons (Fsp3) is 0.308. The van der Waals surface area contributed by atoms with Crippen molar-refractivity contribution in [2.24, 2.45) is 17.4 Å². The molecule has 0 unspecified atom stereocenters. The van der Waals surface area contributed by atoms with Gasteiger partial charge in [-0.25, -0.2) is 4.79 Å². The van der Waals surface area contributed by atoms with Crippen LogP contribution in [0.5, 0.6) is 0 Å². The second-order valence-corrected chi connectivity index (χ2v) is 9.35. The van der Waals surface area contributed by atoms with Crippen LogP contribution in [0.2, 0.25) is 0 Å². The normalized spacial score (nSPS) is 10.5. The Morgan fingerprint density at radius 2 is 1.59 bits per heavy atom. The number of rotatable bonds is 9. The summed E-state index contributed by atoms with van der Waals surface area (Å²) in [5.41, 5.74) is 20.1. The van der Waals surface area contributed by atoms with Crippen molar-refractivity contribution in [1.29, 1.82) is 0 Å². The van der Waals surface area contributed by atoms with Gasteiger partial charge in [0, 0.05) is 35.1 Å². The summed E-state index contributed by atoms with van der Waals surface area (Å²) in [5.74, 6) is 0.277. The third-order valence-corrected chi connectivity index (χ3v) is 6.50. The topological polar surface area (TPSA) is 102 Å². The van der Waals surface area contributed by atoms with E-state index in [1.165, 1.54) is 0 Å². The fourth-order valence-corrected chi connectivity index (χ4v) is 4.79. The largest absolute Gasteiger partial charge is 0.478 e. The number of carboxylic acids is 1. The highest BCUT2D eigenvalue weighted by molar-refractivity contribution is 7.98. The van der Waals surface area contributed by atoms with Gasteiger partial charge < -0.3 is 16.6 Å². The average Bonchev–Trinajstić information content (AvgIpc) is 2.78. The predicted molar refractivity (Wildman–Crippen MR) is 146 cm³/mol. The Morgan fingerprint density at radius 3 is 2.09 bits per heavy atom. The minimum Gasteiger partial charge on any atom is -0.478 e. The summed E-state index contributed by atoms with van der Waals surface area (Å²) >= 11 is 1.67. The van der Waals surface area contributed by atoms with Gasteiger partial charge in [-0.1, -0.05) is 38.1 Å². The quantitative estimate of drug-likeness (QED) is 0.298. The lowest BCUT2D eigenvalue weighted by Gasteiger charge is -2.21. The lowest BCUT2D eigenvalue weighted by Crippen LogP contribution is -2.13. The van der Waals surface area contributed by atoms with Crippen molar-refractivity contribution in [2.75, 3.05) is 0 Å². The second-order valence-electron chi connectivity index (χ2n) is 8.30. The maximum absolute atomic E-state index is 11.1. The van der Waals surface area contributed by atoms with E-state index in [0.717, 1.165) is 50.5 Å². The molecule has 0 spiro atoms. The van der Waals surface area contributed by atoms with Crippen LogP contribution in [0.3, 0.4) is 0 Å². The van der Waals surface area contributed by atoms with Crippen LogP contribution >= 0.6 is 36.6 Å². The van der Waals surface area contributed by atoms with Gasteiger partial charge in [0.25, 0.3) is 0 Å². The minimum atomic E-state index is -0.918. The number of nitrogens with zero attached hydrogens (tertiary/aromatic N) is 1. The number of carboxylic acid groups (broad SMARTS) is 1. The molecule has 184 valence electrons. The molecule has 0 radical (unpaired) electrons. The third-order valence-electron chi connectivity index (χ3n) is 5.46. The summed E-state index contributed by atoms with van der Waals surface area (Å²) in [4.78, 5) is 17.1. The van der Waals surface area contributed by atoms with E-state index in [9.17, 15) is 4.79 Å². The first-order valence-electron chi connectivity index (χ1n) is 10.8. The molecule has 0 fully saturated rings. The fourth-order valence-electron chi connectivity index (χ4n) is 3.80. The molecule has 0 bridgehead atoms. The number of aromatic nitrogens is 1. The van der Waals surface area contributed by atoms with Crippen molar-refractivity contribution < 1.29 is 9.90 Å². The monoisotopic (exact) mass is 521 g/mol. The lowest BCUT2D eigenvalue weighted by molar-refractivity contribution is 0.0697. The van der Waals surface area contributed by atoms with E-state index in [2.05, 4.69) is 45.0 Å². The Bertz CT molecular complexity index is 1090. The molecular weight excluding hydrogens is 489 g/mol. The van der Waals surface area contributed by atoms with Crippen LogP contribution in [-0.2, 0) is 25.3 Å². The second kappa shape index (κ2) is 13.7. The molecule has 0 saturated carbocycles. The third kappa shape index (κ3) is 7.20. The maximum atomic E-state index is 11.1. The van der Waals surface area contributed by atoms with Gasteiger partial charge in [0.15, 0.2) is 0 Å². The van der Waals surface area contributed by atoms with Crippen LogP contribution in [-0.4, -0.2) is 16.1 Å². The highest BCUT2D eigenvalue weighted by atomic mass is 35.5. The van der Waals surface area contributed by atoms with E-state index in [4.69, 9.17) is 21.6 Å². The zero-order valence-corrected chi connectivity index (χ0v) is 22.2. The van der Waals surface area contributed by atoms with Crippen molar-refractivity contribution in [2.45, 2.75) is 50.9 Å². The van der Waals surface area contributed by atoms with E-state index in [0.29, 0.717) is 24.8 Å². The first-order valence-corrected chi connectivity index (χ1v) is 11.8. The average molecular weight is 523 g/mol. The number of benzene rings is 2. The SMILES string of the molecule is Cc1nc(CC(C)C)c(CN)c(-c2ccc(CN)cc2)c1CSc1ccc(C(=O)O)cc1.Cl.Cl. The number of carbonyl (C=O) groups is 1. The highest BCUT2D eigenvalue weighted by Crippen LogP contribution is 2.36. The Morgan fingerprint density at radius 1 is 0.971 bits per heavy atom. The molecule has 5 nitrogen and oxygen atoms in total. The maximum Gasteiger partial charge on any atom is 0.335 e. The van der Waals surface area contributed by atoms with Gasteiger partial charge in [-0.2, -0.15) is 0 Å². The van der Waals surface area contributed by atoms with Crippen LogP contribution < -0.4 is 11.5 Å². The summed E-state index contributed by atoms with van der Waals surface area (Å²) in [5, 5.41) is 9.13. The minimum absolute atomic E-state index is 0. The van der Waals surface area contributed by atoms with Gasteiger partial charge in [0.05, 0.1) is 5.56 Å². The molecule has 0 amide bonds. The summed E-state index contributed by atoms with van der Waals surface area (Å²) in [7, 11) is 0. The number of thioether (sulfide) groups is 1. The number of halogens is 2. The molecule has 1 heterocycles. The van der Waals surface area contributed by atoms with E-state index >= 15 is 0 Å². The van der Waals surface area contributed by atoms with Crippen LogP contribution in [0, 0.1) is 12.8 Å². The molecule has 3 aromatic rings. The van der Waals surface area contributed by atoms with Gasteiger partial charge in [0.2, 0.25) is 0 Å². The number of aromatic carboxylic acids is 1. The Labute approximate surface area is 218 Å². The molecule has 0 aliphatic carbocycles. The highest BCUT2D eigenvalue weighted by Gasteiger charge is 2.19. The molecule has 1 aromatic heterocycles. The van der Waals surface area contributed by atoms with Gasteiger partial charge in [-0.15, -0.1) is 36.6 Å². The van der Waals surface area contributed by atoms with Crippen molar-refractivity contribution in [3.05, 3.63) is 82.2 Å². The Hall–Kier alpha value is -2.09. The van der Waals surface area contributed by atoms with Gasteiger partial charge in [-0.3, -0.25) is 4.98 Å². The van der Waals surface area contributed by atoms with Crippen LogP contribution in [0.1, 0.15) is 52.3 Å². The number of hydrogen-bond donors (Lipinski definition) is 3. The van der Waals surface area contributed by atoms with Crippen molar-refractivity contribution in [1.82, 2.24) is 4.98 Å². The van der Waals surface area contributed by atoms with Crippen molar-refractivity contribution >= 4 is 42.5 Å². The zero-order chi connectivity index (χ0) is 23.3. The summed E-state index contributed by atoms with van der Waals surface area (Å²) in [6.07, 6.45) is 0.880. The van der Waals surface area contributed by atoms with Crippen molar-refractivity contribution in [3.8, 4) is 11.1 Å². The van der Waals surface area contributed by atoms with E-state index in [1.54, 1.807) is 23.9 Å². The molecule has 0 aliphatic heterocycles.